The van der Waals surface area contributed by atoms with Crippen molar-refractivity contribution in [1.82, 2.24) is 9.80 Å². The topological polar surface area (TPSA) is 107 Å². The van der Waals surface area contributed by atoms with E-state index in [1.54, 1.807) is 48.8 Å². The molecule has 0 fully saturated rings. The third-order valence-corrected chi connectivity index (χ3v) is 4.43. The average Bonchev–Trinajstić information content (AvgIpc) is 2.80. The summed E-state index contributed by atoms with van der Waals surface area (Å²) in [5.74, 6) is 1.67. The van der Waals surface area contributed by atoms with E-state index in [4.69, 9.17) is 13.1 Å². The van der Waals surface area contributed by atoms with Gasteiger partial charge < -0.3 is 29.5 Å². The van der Waals surface area contributed by atoms with Crippen molar-refractivity contribution >= 4 is 12.4 Å². The molecule has 0 radical (unpaired) electrons. The first kappa shape index (κ1) is 29.3. The molecule has 185 valence electrons. The van der Waals surface area contributed by atoms with Crippen LogP contribution in [0, 0.1) is 0 Å². The Kier molecular flexibility index (Phi) is 14.5. The van der Waals surface area contributed by atoms with E-state index in [2.05, 4.69) is 9.98 Å². The Morgan fingerprint density at radius 1 is 0.765 bits per heavy atom. The van der Waals surface area contributed by atoms with E-state index in [1.165, 1.54) is 0 Å². The van der Waals surface area contributed by atoms with E-state index in [9.17, 15) is 10.2 Å². The van der Waals surface area contributed by atoms with Gasteiger partial charge in [-0.3, -0.25) is 9.98 Å². The first-order valence-corrected chi connectivity index (χ1v) is 11.3. The first-order valence-electron chi connectivity index (χ1n) is 10.7. The molecule has 10 heteroatoms. The number of aromatic hydroxyl groups is 2. The second kappa shape index (κ2) is 16.8. The molecule has 0 aliphatic rings. The molecule has 2 N–H and O–H groups in total. The Balaban J connectivity index is 0.00000281. The summed E-state index contributed by atoms with van der Waals surface area (Å²) >= 11 is 1.06. The predicted octanol–water partition coefficient (Wildman–Crippen LogP) is 2.40. The van der Waals surface area contributed by atoms with Gasteiger partial charge in [0.2, 0.25) is 0 Å². The molecular formula is C24H34N4O5V. The summed E-state index contributed by atoms with van der Waals surface area (Å²) in [7, 11) is 7.94. The maximum atomic E-state index is 10.0. The van der Waals surface area contributed by atoms with E-state index in [0.717, 1.165) is 30.5 Å². The zero-order valence-corrected chi connectivity index (χ0v) is 21.6. The average molecular weight is 510 g/mol. The molecule has 34 heavy (non-hydrogen) atoms. The Hall–Kier alpha value is -2.72. The molecule has 0 aromatic heterocycles. The van der Waals surface area contributed by atoms with E-state index < -0.39 is 0 Å². The third-order valence-electron chi connectivity index (χ3n) is 4.43. The number of nitrogens with zero attached hydrogens (tertiary/aromatic N) is 4. The summed E-state index contributed by atoms with van der Waals surface area (Å²) in [5.41, 5.74) is 1.19. The molecule has 9 nitrogen and oxygen atoms in total. The molecule has 0 heterocycles. The second-order valence-electron chi connectivity index (χ2n) is 7.82. The van der Waals surface area contributed by atoms with Crippen LogP contribution in [0.3, 0.4) is 0 Å². The Bertz CT molecular complexity index is 849. The van der Waals surface area contributed by atoms with Gasteiger partial charge in [0, 0.05) is 36.6 Å². The van der Waals surface area contributed by atoms with E-state index in [1.807, 2.05) is 38.0 Å². The minimum atomic E-state index is 0.146. The molecule has 0 atom stereocenters. The van der Waals surface area contributed by atoms with Gasteiger partial charge in [-0.15, -0.1) is 0 Å². The summed E-state index contributed by atoms with van der Waals surface area (Å²) in [6.45, 7) is 3.64. The number of rotatable bonds is 13. The van der Waals surface area contributed by atoms with E-state index in [0.29, 0.717) is 48.9 Å². The molecule has 2 aromatic carbocycles. The van der Waals surface area contributed by atoms with Gasteiger partial charge in [0.1, 0.15) is 36.2 Å². The van der Waals surface area contributed by atoms with Crippen LogP contribution < -0.4 is 9.47 Å². The number of likely N-dealkylation sites (N-methyl/N-ethyl adjacent to an activating group) is 2. The van der Waals surface area contributed by atoms with Crippen molar-refractivity contribution in [2.45, 2.75) is 0 Å². The van der Waals surface area contributed by atoms with Crippen LogP contribution in [-0.4, -0.2) is 100 Å². The fraction of sp³-hybridized carbons (Fsp3) is 0.417. The van der Waals surface area contributed by atoms with Crippen molar-refractivity contribution in [3.05, 3.63) is 47.5 Å². The number of ether oxygens (including phenoxy) is 2. The summed E-state index contributed by atoms with van der Waals surface area (Å²) in [6, 6.07) is 10.2. The van der Waals surface area contributed by atoms with Crippen molar-refractivity contribution in [1.29, 1.82) is 0 Å². The van der Waals surface area contributed by atoms with E-state index >= 15 is 0 Å². The molecule has 0 amide bonds. The summed E-state index contributed by atoms with van der Waals surface area (Å²) in [6.07, 6.45) is 3.22. The van der Waals surface area contributed by atoms with Crippen molar-refractivity contribution in [2.24, 2.45) is 9.98 Å². The number of benzene rings is 2. The Morgan fingerprint density at radius 2 is 1.15 bits per heavy atom. The zero-order valence-electron chi connectivity index (χ0n) is 20.2. The monoisotopic (exact) mass is 509 g/mol. The SMILES string of the molecule is CN(C)CCOc1ccc(O)c(C=NCCN=Cc2cc(OCCN(C)C)ccc2O)c1.[O]=[V]. The Labute approximate surface area is 210 Å². The van der Waals surface area contributed by atoms with Crippen LogP contribution in [-0.2, 0) is 21.0 Å². The summed E-state index contributed by atoms with van der Waals surface area (Å²) < 4.78 is 19.6. The van der Waals surface area contributed by atoms with Crippen molar-refractivity contribution in [2.75, 3.05) is 67.6 Å². The third kappa shape index (κ3) is 11.9. The van der Waals surface area contributed by atoms with Gasteiger partial charge in [-0.2, -0.15) is 0 Å². The molecule has 2 aromatic rings. The van der Waals surface area contributed by atoms with Crippen LogP contribution in [0.4, 0.5) is 0 Å². The molecule has 0 spiro atoms. The van der Waals surface area contributed by atoms with Crippen molar-refractivity contribution < 1.29 is 40.7 Å². The molecule has 2 rings (SSSR count). The van der Waals surface area contributed by atoms with Crippen LogP contribution in [0.2, 0.25) is 0 Å². The molecular weight excluding hydrogens is 475 g/mol. The van der Waals surface area contributed by atoms with Crippen LogP contribution in [0.1, 0.15) is 11.1 Å². The fourth-order valence-corrected chi connectivity index (χ4v) is 2.58. The molecule has 0 aliphatic heterocycles. The molecule has 0 unspecified atom stereocenters. The van der Waals surface area contributed by atoms with Gasteiger partial charge in [0.05, 0.1) is 13.1 Å². The number of hydrogen-bond acceptors (Lipinski definition) is 9. The molecule has 0 saturated heterocycles. The van der Waals surface area contributed by atoms with Gasteiger partial charge in [-0.25, -0.2) is 0 Å². The molecule has 0 aliphatic carbocycles. The van der Waals surface area contributed by atoms with E-state index in [-0.39, 0.29) is 11.5 Å². The minimum absolute atomic E-state index is 0.146. The number of hydrogen-bond donors (Lipinski definition) is 2. The van der Waals surface area contributed by atoms with Crippen LogP contribution >= 0.6 is 0 Å². The van der Waals surface area contributed by atoms with Crippen LogP contribution in [0.5, 0.6) is 23.0 Å². The van der Waals surface area contributed by atoms with Gasteiger partial charge in [0.25, 0.3) is 0 Å². The number of phenols is 2. The van der Waals surface area contributed by atoms with Crippen molar-refractivity contribution in [3.8, 4) is 23.0 Å². The van der Waals surface area contributed by atoms with Gasteiger partial charge in [-0.05, 0) is 64.6 Å². The normalized spacial score (nSPS) is 11.2. The number of aliphatic imine (C=N–C) groups is 2. The first-order chi connectivity index (χ1) is 16.3. The van der Waals surface area contributed by atoms with Gasteiger partial charge >= 0.3 is 21.0 Å². The molecule has 0 saturated carbocycles. The van der Waals surface area contributed by atoms with Gasteiger partial charge in [-0.1, -0.05) is 0 Å². The second-order valence-corrected chi connectivity index (χ2v) is 7.82. The number of phenolic OH excluding ortho intramolecular Hbond substituents is 2. The molecule has 0 bridgehead atoms. The zero-order chi connectivity index (χ0) is 25.3. The maximum absolute atomic E-state index is 10.0. The van der Waals surface area contributed by atoms with Gasteiger partial charge in [0.15, 0.2) is 0 Å². The standard InChI is InChI=1S/C24H34N4O4.O.V/c1-27(2)11-13-31-21-5-7-23(29)19(15-21)17-25-9-10-26-18-20-16-22(6-8-24(20)30)32-14-12-28(3)4;;/h5-8,15-18,29-30H,9-14H2,1-4H3;;. The summed E-state index contributed by atoms with van der Waals surface area (Å²) in [5, 5.41) is 20.0. The van der Waals surface area contributed by atoms with Crippen LogP contribution in [0.25, 0.3) is 0 Å². The Morgan fingerprint density at radius 3 is 1.50 bits per heavy atom. The van der Waals surface area contributed by atoms with Crippen LogP contribution in [0.15, 0.2) is 46.4 Å². The van der Waals surface area contributed by atoms with Crippen molar-refractivity contribution in [3.63, 3.8) is 0 Å². The quantitative estimate of drug-likeness (QED) is 0.315. The predicted molar refractivity (Wildman–Crippen MR) is 130 cm³/mol. The fourth-order valence-electron chi connectivity index (χ4n) is 2.58. The summed E-state index contributed by atoms with van der Waals surface area (Å²) in [4.78, 5) is 12.7.